The average Bonchev–Trinajstić information content (AvgIpc) is 2.91. The molecular weight excluding hydrogens is 272 g/mol. The Balaban J connectivity index is 1.87. The number of carbonyl (C=O) groups is 3. The van der Waals surface area contributed by atoms with Gasteiger partial charge in [-0.3, -0.25) is 9.59 Å². The van der Waals surface area contributed by atoms with Gasteiger partial charge < -0.3 is 15.3 Å². The quantitative estimate of drug-likeness (QED) is 0.811. The molecule has 0 bridgehead atoms. The number of nitrogens with one attached hydrogen (secondary N) is 1. The molecule has 1 saturated heterocycles. The van der Waals surface area contributed by atoms with Crippen LogP contribution in [0.3, 0.4) is 0 Å². The molecule has 2 aliphatic heterocycles. The molecule has 6 heteroatoms. The number of carbonyl (C=O) groups excluding carboxylic acids is 2. The van der Waals surface area contributed by atoms with Crippen LogP contribution in [-0.4, -0.2) is 40.4 Å². The number of amides is 2. The van der Waals surface area contributed by atoms with E-state index in [1.54, 1.807) is 0 Å². The fraction of sp³-hybridized carbons (Fsp3) is 0.400. The normalized spacial score (nSPS) is 24.4. The van der Waals surface area contributed by atoms with E-state index in [0.717, 1.165) is 11.1 Å². The maximum atomic E-state index is 12.5. The number of nitrogens with zero attached hydrogens (tertiary/aromatic N) is 1. The molecule has 0 aromatic heterocycles. The van der Waals surface area contributed by atoms with E-state index in [4.69, 9.17) is 0 Å². The molecule has 110 valence electrons. The maximum Gasteiger partial charge on any atom is 0.326 e. The van der Waals surface area contributed by atoms with Gasteiger partial charge in [0, 0.05) is 25.9 Å². The van der Waals surface area contributed by atoms with Crippen molar-refractivity contribution in [1.82, 2.24) is 10.2 Å². The van der Waals surface area contributed by atoms with Crippen LogP contribution in [0.15, 0.2) is 24.3 Å². The summed E-state index contributed by atoms with van der Waals surface area (Å²) < 4.78 is 0. The summed E-state index contributed by atoms with van der Waals surface area (Å²) in [6.07, 6.45) is 0.453. The minimum Gasteiger partial charge on any atom is -0.480 e. The lowest BCUT2D eigenvalue weighted by atomic mass is 9.92. The summed E-state index contributed by atoms with van der Waals surface area (Å²) in [5.41, 5.74) is 1.94. The van der Waals surface area contributed by atoms with Crippen molar-refractivity contribution in [2.75, 3.05) is 6.54 Å². The number of carboxylic acid groups (broad SMARTS) is 1. The zero-order valence-corrected chi connectivity index (χ0v) is 11.4. The minimum absolute atomic E-state index is 0.142. The van der Waals surface area contributed by atoms with Crippen LogP contribution in [0.25, 0.3) is 0 Å². The van der Waals surface area contributed by atoms with Crippen LogP contribution in [-0.2, 0) is 27.3 Å². The Kier molecular flexibility index (Phi) is 3.37. The highest BCUT2D eigenvalue weighted by Crippen LogP contribution is 2.26. The van der Waals surface area contributed by atoms with E-state index in [-0.39, 0.29) is 24.8 Å². The van der Waals surface area contributed by atoms with E-state index in [1.807, 2.05) is 24.3 Å². The first-order chi connectivity index (χ1) is 10.1. The van der Waals surface area contributed by atoms with Gasteiger partial charge in [-0.25, -0.2) is 4.79 Å². The molecule has 21 heavy (non-hydrogen) atoms. The molecule has 1 aromatic rings. The molecule has 3 rings (SSSR count). The van der Waals surface area contributed by atoms with Gasteiger partial charge in [-0.2, -0.15) is 0 Å². The van der Waals surface area contributed by atoms with Gasteiger partial charge in [0.1, 0.15) is 6.04 Å². The molecule has 1 fully saturated rings. The van der Waals surface area contributed by atoms with Gasteiger partial charge in [-0.05, 0) is 11.1 Å². The van der Waals surface area contributed by atoms with Crippen LogP contribution in [0, 0.1) is 5.92 Å². The molecule has 0 saturated carbocycles. The number of rotatable bonds is 2. The molecule has 2 aliphatic rings. The van der Waals surface area contributed by atoms with Crippen LogP contribution in [0.1, 0.15) is 17.5 Å². The SMILES string of the molecule is O=C1CC(C(=O)N2Cc3ccccc3C[C@@H]2C(=O)O)CN1. The van der Waals surface area contributed by atoms with Crippen LogP contribution >= 0.6 is 0 Å². The maximum absolute atomic E-state index is 12.5. The Morgan fingerprint density at radius 3 is 2.52 bits per heavy atom. The molecule has 2 amide bonds. The van der Waals surface area contributed by atoms with E-state index in [2.05, 4.69) is 5.32 Å². The van der Waals surface area contributed by atoms with Crippen molar-refractivity contribution < 1.29 is 19.5 Å². The molecule has 2 atom stereocenters. The Bertz CT molecular complexity index is 613. The lowest BCUT2D eigenvalue weighted by Crippen LogP contribution is -2.50. The van der Waals surface area contributed by atoms with Crippen molar-refractivity contribution in [2.24, 2.45) is 5.92 Å². The largest absolute Gasteiger partial charge is 0.480 e. The Morgan fingerprint density at radius 1 is 1.19 bits per heavy atom. The first-order valence-corrected chi connectivity index (χ1v) is 6.93. The van der Waals surface area contributed by atoms with Crippen molar-refractivity contribution in [1.29, 1.82) is 0 Å². The molecule has 0 aliphatic carbocycles. The van der Waals surface area contributed by atoms with E-state index in [9.17, 15) is 19.5 Å². The smallest absolute Gasteiger partial charge is 0.326 e. The van der Waals surface area contributed by atoms with Crippen molar-refractivity contribution in [3.8, 4) is 0 Å². The third kappa shape index (κ3) is 2.49. The van der Waals surface area contributed by atoms with E-state index in [0.29, 0.717) is 13.0 Å². The lowest BCUT2D eigenvalue weighted by molar-refractivity contribution is -0.153. The lowest BCUT2D eigenvalue weighted by Gasteiger charge is -2.35. The summed E-state index contributed by atoms with van der Waals surface area (Å²) in [6, 6.07) is 6.69. The standard InChI is InChI=1S/C15H16N2O4/c18-13-6-11(7-16-13)14(19)17-8-10-4-2-1-3-9(10)5-12(17)15(20)21/h1-4,11-12H,5-8H2,(H,16,18)(H,20,21)/t11?,12-/m1/s1. The predicted molar refractivity (Wildman–Crippen MR) is 73.2 cm³/mol. The van der Waals surface area contributed by atoms with Crippen molar-refractivity contribution in [3.05, 3.63) is 35.4 Å². The average molecular weight is 288 g/mol. The summed E-state index contributed by atoms with van der Waals surface area (Å²) in [6.45, 7) is 0.582. The summed E-state index contributed by atoms with van der Waals surface area (Å²) >= 11 is 0. The molecule has 0 radical (unpaired) electrons. The fourth-order valence-electron chi connectivity index (χ4n) is 2.99. The Hall–Kier alpha value is -2.37. The second-order valence-corrected chi connectivity index (χ2v) is 5.50. The summed E-state index contributed by atoms with van der Waals surface area (Å²) in [4.78, 5) is 36.7. The van der Waals surface area contributed by atoms with Crippen LogP contribution in [0.2, 0.25) is 0 Å². The van der Waals surface area contributed by atoms with Gasteiger partial charge >= 0.3 is 5.97 Å². The number of hydrogen-bond donors (Lipinski definition) is 2. The van der Waals surface area contributed by atoms with E-state index < -0.39 is 17.9 Å². The highest BCUT2D eigenvalue weighted by Gasteiger charge is 2.39. The summed E-state index contributed by atoms with van der Waals surface area (Å²) in [5, 5.41) is 12.0. The molecule has 1 unspecified atom stereocenters. The first-order valence-electron chi connectivity index (χ1n) is 6.93. The third-order valence-corrected chi connectivity index (χ3v) is 4.14. The highest BCUT2D eigenvalue weighted by atomic mass is 16.4. The molecule has 6 nitrogen and oxygen atoms in total. The molecule has 2 N–H and O–H groups in total. The van der Waals surface area contributed by atoms with E-state index in [1.165, 1.54) is 4.90 Å². The number of carboxylic acids is 1. The molecular formula is C15H16N2O4. The predicted octanol–water partition coefficient (Wildman–Crippen LogP) is 0.161. The van der Waals surface area contributed by atoms with E-state index >= 15 is 0 Å². The van der Waals surface area contributed by atoms with Crippen molar-refractivity contribution >= 4 is 17.8 Å². The zero-order valence-electron chi connectivity index (χ0n) is 11.4. The van der Waals surface area contributed by atoms with Gasteiger partial charge in [-0.15, -0.1) is 0 Å². The van der Waals surface area contributed by atoms with Crippen LogP contribution in [0.5, 0.6) is 0 Å². The zero-order chi connectivity index (χ0) is 15.0. The third-order valence-electron chi connectivity index (χ3n) is 4.14. The molecule has 0 spiro atoms. The van der Waals surface area contributed by atoms with Gasteiger partial charge in [-0.1, -0.05) is 24.3 Å². The highest BCUT2D eigenvalue weighted by molar-refractivity contribution is 5.91. The summed E-state index contributed by atoms with van der Waals surface area (Å²) in [7, 11) is 0. The number of hydrogen-bond acceptors (Lipinski definition) is 3. The van der Waals surface area contributed by atoms with Gasteiger partial charge in [0.25, 0.3) is 0 Å². The van der Waals surface area contributed by atoms with Gasteiger partial charge in [0.2, 0.25) is 11.8 Å². The van der Waals surface area contributed by atoms with Gasteiger partial charge in [0.05, 0.1) is 5.92 Å². The fourth-order valence-corrected chi connectivity index (χ4v) is 2.99. The van der Waals surface area contributed by atoms with Crippen LogP contribution < -0.4 is 5.32 Å². The Morgan fingerprint density at radius 2 is 1.90 bits per heavy atom. The number of benzene rings is 1. The molecule has 2 heterocycles. The number of aliphatic carboxylic acids is 1. The monoisotopic (exact) mass is 288 g/mol. The second kappa shape index (κ2) is 5.20. The van der Waals surface area contributed by atoms with Gasteiger partial charge in [0.15, 0.2) is 0 Å². The topological polar surface area (TPSA) is 86.7 Å². The summed E-state index contributed by atoms with van der Waals surface area (Å²) in [5.74, 6) is -1.87. The number of fused-ring (bicyclic) bond motifs is 1. The van der Waals surface area contributed by atoms with Crippen molar-refractivity contribution in [3.63, 3.8) is 0 Å². The minimum atomic E-state index is -1.00. The molecule has 1 aromatic carbocycles. The second-order valence-electron chi connectivity index (χ2n) is 5.50. The van der Waals surface area contributed by atoms with Crippen LogP contribution in [0.4, 0.5) is 0 Å². The first kappa shape index (κ1) is 13.6. The Labute approximate surface area is 121 Å². The van der Waals surface area contributed by atoms with Crippen molar-refractivity contribution in [2.45, 2.75) is 25.4 Å².